The molecule has 1 saturated carbocycles. The van der Waals surface area contributed by atoms with E-state index in [4.69, 9.17) is 5.73 Å². The number of fused-ring (bicyclic) bond motifs is 1. The summed E-state index contributed by atoms with van der Waals surface area (Å²) in [6.07, 6.45) is 4.47. The highest BCUT2D eigenvalue weighted by Gasteiger charge is 2.22. The molecule has 4 N–H and O–H groups in total. The Morgan fingerprint density at radius 1 is 1.23 bits per heavy atom. The molecule has 4 rings (SSSR count). The lowest BCUT2D eigenvalue weighted by Gasteiger charge is -2.26. The van der Waals surface area contributed by atoms with Crippen LogP contribution in [0.1, 0.15) is 43.0 Å². The highest BCUT2D eigenvalue weighted by Crippen LogP contribution is 2.39. The van der Waals surface area contributed by atoms with E-state index in [1.54, 1.807) is 31.2 Å². The minimum absolute atomic E-state index is 0.0517. The Bertz CT molecular complexity index is 1210. The van der Waals surface area contributed by atoms with E-state index in [0.29, 0.717) is 16.3 Å². The second-order valence-electron chi connectivity index (χ2n) is 7.82. The molecule has 0 saturated heterocycles. The number of pyridine rings is 1. The number of aliphatic hydroxyl groups is 1. The summed E-state index contributed by atoms with van der Waals surface area (Å²) in [4.78, 5) is 17.6. The van der Waals surface area contributed by atoms with Crippen molar-refractivity contribution in [1.29, 1.82) is 0 Å². The molecule has 0 aliphatic heterocycles. The van der Waals surface area contributed by atoms with Gasteiger partial charge in [-0.1, -0.05) is 19.1 Å². The van der Waals surface area contributed by atoms with Crippen molar-refractivity contribution in [3.8, 4) is 10.4 Å². The Kier molecular flexibility index (Phi) is 6.00. The number of thiophene rings is 1. The van der Waals surface area contributed by atoms with Gasteiger partial charge >= 0.3 is 0 Å². The van der Waals surface area contributed by atoms with E-state index in [2.05, 4.69) is 10.3 Å². The zero-order chi connectivity index (χ0) is 22.2. The van der Waals surface area contributed by atoms with Gasteiger partial charge in [-0.2, -0.15) is 0 Å². The number of carbonyl (C=O) groups excluding carboxylic acids is 1. The molecule has 3 aromatic rings. The van der Waals surface area contributed by atoms with Gasteiger partial charge < -0.3 is 16.2 Å². The minimum atomic E-state index is -3.26. The molecule has 7 nitrogen and oxygen atoms in total. The summed E-state index contributed by atoms with van der Waals surface area (Å²) in [5.74, 6) is 0.201. The predicted molar refractivity (Wildman–Crippen MR) is 123 cm³/mol. The highest BCUT2D eigenvalue weighted by atomic mass is 32.2. The van der Waals surface area contributed by atoms with Gasteiger partial charge in [0.2, 0.25) is 0 Å². The van der Waals surface area contributed by atoms with Crippen LogP contribution in [0, 0.1) is 0 Å². The Hall–Kier alpha value is -2.49. The van der Waals surface area contributed by atoms with E-state index in [9.17, 15) is 18.3 Å². The van der Waals surface area contributed by atoms with Crippen molar-refractivity contribution in [3.63, 3.8) is 0 Å². The van der Waals surface area contributed by atoms with E-state index < -0.39 is 15.7 Å². The van der Waals surface area contributed by atoms with Crippen LogP contribution in [0.15, 0.2) is 41.4 Å². The maximum Gasteiger partial charge on any atom is 0.251 e. The molecule has 164 valence electrons. The molecule has 0 spiro atoms. The van der Waals surface area contributed by atoms with Crippen molar-refractivity contribution in [2.75, 3.05) is 11.1 Å². The molecule has 2 heterocycles. The fourth-order valence-electron chi connectivity index (χ4n) is 3.86. The van der Waals surface area contributed by atoms with Crippen molar-refractivity contribution < 1.29 is 18.3 Å². The summed E-state index contributed by atoms with van der Waals surface area (Å²) in [5.41, 5.74) is 6.80. The Morgan fingerprint density at radius 2 is 1.90 bits per heavy atom. The Balaban J connectivity index is 1.72. The van der Waals surface area contributed by atoms with E-state index in [1.807, 2.05) is 6.07 Å². The number of benzene rings is 1. The maximum absolute atomic E-state index is 12.1. The van der Waals surface area contributed by atoms with Gasteiger partial charge in [0, 0.05) is 22.5 Å². The number of rotatable bonds is 6. The topological polar surface area (TPSA) is 122 Å². The molecule has 0 radical (unpaired) electrons. The normalized spacial score (nSPS) is 19.4. The van der Waals surface area contributed by atoms with Gasteiger partial charge in [-0.05, 0) is 49.4 Å². The lowest BCUT2D eigenvalue weighted by Crippen LogP contribution is -2.28. The molecule has 1 aliphatic rings. The van der Waals surface area contributed by atoms with Crippen molar-refractivity contribution >= 4 is 43.0 Å². The SMILES string of the molecule is CCS(=O)(=O)c1ccc(-c2cc3c(N[C@H]4CC[C@H](O)CC4)ncc(C(N)=O)c3s2)cc1. The number of carbonyl (C=O) groups is 1. The van der Waals surface area contributed by atoms with Gasteiger partial charge in [0.1, 0.15) is 5.82 Å². The molecule has 9 heteroatoms. The monoisotopic (exact) mass is 459 g/mol. The van der Waals surface area contributed by atoms with Gasteiger partial charge in [-0.3, -0.25) is 4.79 Å². The molecule has 1 aromatic carbocycles. The molecule has 2 aromatic heterocycles. The van der Waals surface area contributed by atoms with Crippen molar-refractivity contribution in [1.82, 2.24) is 4.98 Å². The Labute approximate surface area is 185 Å². The largest absolute Gasteiger partial charge is 0.393 e. The van der Waals surface area contributed by atoms with Crippen molar-refractivity contribution in [2.45, 2.75) is 49.6 Å². The van der Waals surface area contributed by atoms with Gasteiger partial charge in [0.25, 0.3) is 5.91 Å². The zero-order valence-electron chi connectivity index (χ0n) is 17.2. The maximum atomic E-state index is 12.1. The number of hydrogen-bond acceptors (Lipinski definition) is 7. The van der Waals surface area contributed by atoms with Crippen molar-refractivity contribution in [3.05, 3.63) is 42.1 Å². The predicted octanol–water partition coefficient (Wildman–Crippen LogP) is 3.57. The van der Waals surface area contributed by atoms with E-state index in [0.717, 1.165) is 46.2 Å². The summed E-state index contributed by atoms with van der Waals surface area (Å²) in [7, 11) is -3.26. The van der Waals surface area contributed by atoms with Crippen LogP contribution >= 0.6 is 11.3 Å². The number of nitrogens with zero attached hydrogens (tertiary/aromatic N) is 1. The standard InChI is InChI=1S/C22H25N3O4S2/c1-2-31(28,29)16-9-3-13(4-10-16)19-11-17-20(30-19)18(21(23)27)12-24-22(17)25-14-5-7-15(26)8-6-14/h3-4,9-12,14-15,26H,2,5-8H2,1H3,(H2,23,27)(H,24,25)/t14-,15-. The highest BCUT2D eigenvalue weighted by molar-refractivity contribution is 7.91. The first kappa shape index (κ1) is 21.7. The van der Waals surface area contributed by atoms with E-state index in [-0.39, 0.29) is 17.9 Å². The van der Waals surface area contributed by atoms with Gasteiger partial charge in [-0.25, -0.2) is 13.4 Å². The molecule has 31 heavy (non-hydrogen) atoms. The van der Waals surface area contributed by atoms with E-state index in [1.165, 1.54) is 17.5 Å². The number of aromatic nitrogens is 1. The Morgan fingerprint density at radius 3 is 2.52 bits per heavy atom. The number of primary amides is 1. The minimum Gasteiger partial charge on any atom is -0.393 e. The number of aliphatic hydroxyl groups excluding tert-OH is 1. The third-order valence-corrected chi connectivity index (χ3v) is 8.70. The smallest absolute Gasteiger partial charge is 0.251 e. The summed E-state index contributed by atoms with van der Waals surface area (Å²) < 4.78 is 24.9. The number of sulfone groups is 1. The van der Waals surface area contributed by atoms with Crippen LogP contribution in [-0.2, 0) is 9.84 Å². The number of nitrogens with one attached hydrogen (secondary N) is 1. The molecule has 0 unspecified atom stereocenters. The number of anilines is 1. The van der Waals surface area contributed by atoms with Crippen LogP contribution in [0.25, 0.3) is 20.5 Å². The third kappa shape index (κ3) is 4.44. The fraction of sp³-hybridized carbons (Fsp3) is 0.364. The molecule has 1 aliphatic carbocycles. The zero-order valence-corrected chi connectivity index (χ0v) is 18.8. The molecule has 1 amide bonds. The first-order valence-corrected chi connectivity index (χ1v) is 12.8. The van der Waals surface area contributed by atoms with E-state index >= 15 is 0 Å². The van der Waals surface area contributed by atoms with Crippen LogP contribution in [0.3, 0.4) is 0 Å². The number of amides is 1. The van der Waals surface area contributed by atoms with Gasteiger partial charge in [-0.15, -0.1) is 11.3 Å². The fourth-order valence-corrected chi connectivity index (χ4v) is 5.93. The van der Waals surface area contributed by atoms with Crippen molar-refractivity contribution in [2.24, 2.45) is 5.73 Å². The number of nitrogens with two attached hydrogens (primary N) is 1. The lowest BCUT2D eigenvalue weighted by atomic mass is 9.93. The molecular weight excluding hydrogens is 434 g/mol. The van der Waals surface area contributed by atoms with Crippen LogP contribution in [0.5, 0.6) is 0 Å². The van der Waals surface area contributed by atoms with Crippen LogP contribution in [0.2, 0.25) is 0 Å². The first-order valence-electron chi connectivity index (χ1n) is 10.3. The van der Waals surface area contributed by atoms with Gasteiger partial charge in [0.05, 0.1) is 27.0 Å². The van der Waals surface area contributed by atoms with Crippen LogP contribution < -0.4 is 11.1 Å². The van der Waals surface area contributed by atoms with Crippen LogP contribution in [-0.4, -0.2) is 42.3 Å². The third-order valence-electron chi connectivity index (χ3n) is 5.74. The summed E-state index contributed by atoms with van der Waals surface area (Å²) >= 11 is 1.43. The summed E-state index contributed by atoms with van der Waals surface area (Å²) in [6.45, 7) is 1.62. The summed E-state index contributed by atoms with van der Waals surface area (Å²) in [5, 5.41) is 14.0. The molecular formula is C22H25N3O4S2. The average Bonchev–Trinajstić information content (AvgIpc) is 3.21. The quantitative estimate of drug-likeness (QED) is 0.518. The molecule has 0 bridgehead atoms. The first-order chi connectivity index (χ1) is 14.8. The van der Waals surface area contributed by atoms with Gasteiger partial charge in [0.15, 0.2) is 9.84 Å². The molecule has 1 fully saturated rings. The second kappa shape index (κ2) is 8.57. The summed E-state index contributed by atoms with van der Waals surface area (Å²) in [6, 6.07) is 8.94. The molecule has 0 atom stereocenters. The number of hydrogen-bond donors (Lipinski definition) is 3. The lowest BCUT2D eigenvalue weighted by molar-refractivity contribution is 0.100. The second-order valence-corrected chi connectivity index (χ2v) is 11.1. The van der Waals surface area contributed by atoms with Crippen LogP contribution in [0.4, 0.5) is 5.82 Å². The average molecular weight is 460 g/mol.